The molecular weight excluding hydrogens is 551 g/mol. The zero-order valence-electron chi connectivity index (χ0n) is 22.6. The standard InChI is InChI=1S/C31H26F3N3O5/c1-41-29(39)24-21(17-8-4-3-5-9-17)15-22-25(27(24)38)23(18-10-7-13-36-16-18)26(30(40)42-2)28(35)37(22)20-12-6-11-19(14-20)31(32,33)34/h3-14,16,21,23-24H,15,35H2,1-2H3. The van der Waals surface area contributed by atoms with Gasteiger partial charge in [0.05, 0.1) is 31.3 Å². The molecule has 0 saturated heterocycles. The highest BCUT2D eigenvalue weighted by atomic mass is 19.4. The number of hydrogen-bond acceptors (Lipinski definition) is 8. The van der Waals surface area contributed by atoms with Crippen LogP contribution in [0.25, 0.3) is 0 Å². The van der Waals surface area contributed by atoms with Crippen molar-refractivity contribution in [2.45, 2.75) is 24.4 Å². The molecule has 0 spiro atoms. The number of pyridine rings is 1. The number of ether oxygens (including phenoxy) is 2. The maximum Gasteiger partial charge on any atom is 0.416 e. The first-order valence-corrected chi connectivity index (χ1v) is 12.9. The van der Waals surface area contributed by atoms with Crippen molar-refractivity contribution < 1.29 is 37.0 Å². The Morgan fingerprint density at radius 1 is 0.976 bits per heavy atom. The molecule has 3 aromatic rings. The quantitative estimate of drug-likeness (QED) is 0.339. The van der Waals surface area contributed by atoms with E-state index in [1.807, 2.05) is 0 Å². The molecule has 2 heterocycles. The smallest absolute Gasteiger partial charge is 0.416 e. The molecule has 0 bridgehead atoms. The summed E-state index contributed by atoms with van der Waals surface area (Å²) in [6.45, 7) is 0. The van der Waals surface area contributed by atoms with Crippen LogP contribution in [0.5, 0.6) is 0 Å². The summed E-state index contributed by atoms with van der Waals surface area (Å²) in [5, 5.41) is 0. The molecule has 0 fully saturated rings. The average Bonchev–Trinajstić information content (AvgIpc) is 3.00. The van der Waals surface area contributed by atoms with Gasteiger partial charge < -0.3 is 15.2 Å². The summed E-state index contributed by atoms with van der Waals surface area (Å²) in [7, 11) is 2.31. The van der Waals surface area contributed by atoms with Gasteiger partial charge in [-0.15, -0.1) is 0 Å². The minimum atomic E-state index is -4.67. The van der Waals surface area contributed by atoms with E-state index in [2.05, 4.69) is 4.98 Å². The van der Waals surface area contributed by atoms with Gasteiger partial charge in [0, 0.05) is 35.3 Å². The largest absolute Gasteiger partial charge is 0.468 e. The highest BCUT2D eigenvalue weighted by Crippen LogP contribution is 2.51. The van der Waals surface area contributed by atoms with Gasteiger partial charge in [-0.05, 0) is 41.8 Å². The number of halogens is 3. The lowest BCUT2D eigenvalue weighted by Crippen LogP contribution is -2.46. The molecule has 2 N–H and O–H groups in total. The van der Waals surface area contributed by atoms with Gasteiger partial charge in [-0.3, -0.25) is 19.5 Å². The van der Waals surface area contributed by atoms with Crippen molar-refractivity contribution in [3.8, 4) is 0 Å². The van der Waals surface area contributed by atoms with E-state index in [0.717, 1.165) is 19.2 Å². The van der Waals surface area contributed by atoms with Crippen LogP contribution in [0.2, 0.25) is 0 Å². The van der Waals surface area contributed by atoms with E-state index in [1.165, 1.54) is 36.5 Å². The Morgan fingerprint density at radius 2 is 1.69 bits per heavy atom. The first-order chi connectivity index (χ1) is 20.1. The Balaban J connectivity index is 1.84. The number of nitrogens with zero attached hydrogens (tertiary/aromatic N) is 2. The number of methoxy groups -OCH3 is 2. The number of esters is 2. The van der Waals surface area contributed by atoms with E-state index in [9.17, 15) is 27.6 Å². The van der Waals surface area contributed by atoms with Crippen molar-refractivity contribution >= 4 is 23.4 Å². The summed E-state index contributed by atoms with van der Waals surface area (Å²) in [5.41, 5.74) is 6.85. The zero-order valence-corrected chi connectivity index (χ0v) is 22.6. The fourth-order valence-electron chi connectivity index (χ4n) is 5.74. The summed E-state index contributed by atoms with van der Waals surface area (Å²) in [6.07, 6.45) is -1.69. The molecule has 5 rings (SSSR count). The van der Waals surface area contributed by atoms with Crippen molar-refractivity contribution in [3.63, 3.8) is 0 Å². The number of carbonyl (C=O) groups is 3. The van der Waals surface area contributed by atoms with Gasteiger partial charge in [-0.25, -0.2) is 4.79 Å². The van der Waals surface area contributed by atoms with E-state index >= 15 is 0 Å². The second-order valence-electron chi connectivity index (χ2n) is 9.84. The van der Waals surface area contributed by atoms with Crippen LogP contribution in [0.15, 0.2) is 102 Å². The molecule has 8 nitrogen and oxygen atoms in total. The number of rotatable bonds is 5. The number of alkyl halides is 3. The van der Waals surface area contributed by atoms with Crippen LogP contribution in [-0.2, 0) is 30.0 Å². The highest BCUT2D eigenvalue weighted by molar-refractivity contribution is 6.14. The number of Topliss-reactive ketones (excluding diaryl/α,β-unsaturated/α-hetero) is 1. The summed E-state index contributed by atoms with van der Waals surface area (Å²) < 4.78 is 51.4. The van der Waals surface area contributed by atoms with Gasteiger partial charge >= 0.3 is 18.1 Å². The van der Waals surface area contributed by atoms with Crippen molar-refractivity contribution in [2.24, 2.45) is 11.7 Å². The topological polar surface area (TPSA) is 112 Å². The molecule has 0 saturated carbocycles. The van der Waals surface area contributed by atoms with Crippen molar-refractivity contribution in [3.05, 3.63) is 118 Å². The van der Waals surface area contributed by atoms with E-state index in [0.29, 0.717) is 11.1 Å². The predicted octanol–water partition coefficient (Wildman–Crippen LogP) is 4.85. The zero-order chi connectivity index (χ0) is 30.2. The number of aromatic nitrogens is 1. The van der Waals surface area contributed by atoms with E-state index in [1.54, 1.807) is 42.5 Å². The second kappa shape index (κ2) is 11.2. The number of ketones is 1. The molecule has 216 valence electrons. The molecule has 1 aliphatic carbocycles. The van der Waals surface area contributed by atoms with Crippen molar-refractivity contribution in [1.29, 1.82) is 0 Å². The van der Waals surface area contributed by atoms with Crippen LogP contribution >= 0.6 is 0 Å². The summed E-state index contributed by atoms with van der Waals surface area (Å²) in [5.74, 6) is -5.66. The maximum atomic E-state index is 14.5. The van der Waals surface area contributed by atoms with Crippen LogP contribution in [-0.4, -0.2) is 36.9 Å². The van der Waals surface area contributed by atoms with Crippen LogP contribution in [0, 0.1) is 5.92 Å². The molecule has 0 radical (unpaired) electrons. The van der Waals surface area contributed by atoms with Crippen LogP contribution in [0.4, 0.5) is 18.9 Å². The molecule has 3 atom stereocenters. The minimum Gasteiger partial charge on any atom is -0.468 e. The average molecular weight is 578 g/mol. The molecule has 1 aromatic heterocycles. The minimum absolute atomic E-state index is 0.0167. The van der Waals surface area contributed by atoms with Crippen LogP contribution in [0.3, 0.4) is 0 Å². The van der Waals surface area contributed by atoms with Crippen molar-refractivity contribution in [2.75, 3.05) is 19.1 Å². The lowest BCUT2D eigenvalue weighted by molar-refractivity contribution is -0.150. The SMILES string of the molecule is COC(=O)C1=C(N)N(c2cccc(C(F)(F)F)c2)C2=C(C(=O)C(C(=O)OC)C(c3ccccc3)C2)C1c1cccnc1. The first-order valence-electron chi connectivity index (χ1n) is 12.9. The van der Waals surface area contributed by atoms with Gasteiger partial charge in [0.25, 0.3) is 0 Å². The van der Waals surface area contributed by atoms with E-state index in [-0.39, 0.29) is 34.8 Å². The Morgan fingerprint density at radius 3 is 2.31 bits per heavy atom. The summed E-state index contributed by atoms with van der Waals surface area (Å²) in [6, 6.07) is 16.5. The predicted molar refractivity (Wildman–Crippen MR) is 145 cm³/mol. The Kier molecular flexibility index (Phi) is 7.59. The molecular formula is C31H26F3N3O5. The normalized spacial score (nSPS) is 20.7. The summed E-state index contributed by atoms with van der Waals surface area (Å²) >= 11 is 0. The fourth-order valence-corrected chi connectivity index (χ4v) is 5.74. The second-order valence-corrected chi connectivity index (χ2v) is 9.84. The van der Waals surface area contributed by atoms with Crippen LogP contribution < -0.4 is 10.6 Å². The highest BCUT2D eigenvalue weighted by Gasteiger charge is 2.51. The number of allylic oxidation sites excluding steroid dienone is 2. The monoisotopic (exact) mass is 577 g/mol. The Bertz CT molecular complexity index is 1600. The first kappa shape index (κ1) is 28.6. The third kappa shape index (κ3) is 4.91. The van der Waals surface area contributed by atoms with Gasteiger partial charge in [-0.1, -0.05) is 42.5 Å². The van der Waals surface area contributed by atoms with E-state index in [4.69, 9.17) is 15.2 Å². The van der Waals surface area contributed by atoms with Gasteiger partial charge in [-0.2, -0.15) is 13.2 Å². The van der Waals surface area contributed by atoms with Gasteiger partial charge in [0.15, 0.2) is 5.78 Å². The maximum absolute atomic E-state index is 14.5. The molecule has 1 aliphatic heterocycles. The van der Waals surface area contributed by atoms with Gasteiger partial charge in [0.2, 0.25) is 0 Å². The molecule has 3 unspecified atom stereocenters. The summed E-state index contributed by atoms with van der Waals surface area (Å²) in [4.78, 5) is 46.4. The lowest BCUT2D eigenvalue weighted by atomic mass is 9.67. The number of nitrogens with two attached hydrogens (primary N) is 1. The molecule has 11 heteroatoms. The molecule has 2 aliphatic rings. The number of anilines is 1. The number of hydrogen-bond donors (Lipinski definition) is 1. The van der Waals surface area contributed by atoms with E-state index < -0.39 is 47.2 Å². The third-order valence-corrected chi connectivity index (χ3v) is 7.58. The molecule has 2 aromatic carbocycles. The molecule has 42 heavy (non-hydrogen) atoms. The third-order valence-electron chi connectivity index (χ3n) is 7.58. The fraction of sp³-hybridized carbons (Fsp3) is 0.226. The van der Waals surface area contributed by atoms with Crippen molar-refractivity contribution in [1.82, 2.24) is 4.98 Å². The van der Waals surface area contributed by atoms with Crippen LogP contribution in [0.1, 0.15) is 34.9 Å². The number of carbonyl (C=O) groups excluding carboxylic acids is 3. The Hall–Kier alpha value is -4.93. The molecule has 0 amide bonds. The number of benzene rings is 2. The lowest BCUT2D eigenvalue weighted by Gasteiger charge is -2.44. The van der Waals surface area contributed by atoms with Gasteiger partial charge in [0.1, 0.15) is 11.7 Å². The Labute approximate surface area is 239 Å².